The molecule has 1 rings (SSSR count). The lowest BCUT2D eigenvalue weighted by atomic mass is 9.84. The van der Waals surface area contributed by atoms with Gasteiger partial charge in [0, 0.05) is 13.5 Å². The number of nitrogens with one attached hydrogen (secondary N) is 2. The molecule has 1 aliphatic rings. The van der Waals surface area contributed by atoms with E-state index in [0.717, 1.165) is 32.1 Å². The van der Waals surface area contributed by atoms with Gasteiger partial charge >= 0.3 is 5.97 Å². The van der Waals surface area contributed by atoms with Crippen LogP contribution in [0.1, 0.15) is 59.8 Å². The second-order valence-electron chi connectivity index (χ2n) is 7.35. The molecule has 0 aromatic carbocycles. The van der Waals surface area contributed by atoms with Crippen molar-refractivity contribution in [2.45, 2.75) is 65.8 Å². The Morgan fingerprint density at radius 1 is 1.35 bits per heavy atom. The van der Waals surface area contributed by atoms with Crippen LogP contribution in [0.4, 0.5) is 0 Å². The molecule has 150 valence electrons. The Balaban J connectivity index is 2.63. The first kappa shape index (κ1) is 22.4. The van der Waals surface area contributed by atoms with E-state index in [-0.39, 0.29) is 23.8 Å². The van der Waals surface area contributed by atoms with Gasteiger partial charge in [-0.05, 0) is 50.4 Å². The normalized spacial score (nSPS) is 25.0. The average Bonchev–Trinajstić information content (AvgIpc) is 3.02. The summed E-state index contributed by atoms with van der Waals surface area (Å²) in [5.74, 6) is 6.47. The van der Waals surface area contributed by atoms with Crippen molar-refractivity contribution in [3.8, 4) is 0 Å². The van der Waals surface area contributed by atoms with Crippen LogP contribution in [0.2, 0.25) is 0 Å². The van der Waals surface area contributed by atoms with Gasteiger partial charge in [0.25, 0.3) is 0 Å². The Labute approximate surface area is 157 Å². The van der Waals surface area contributed by atoms with E-state index in [2.05, 4.69) is 29.6 Å². The number of amides is 1. The van der Waals surface area contributed by atoms with Crippen LogP contribution >= 0.6 is 0 Å². The first-order valence-corrected chi connectivity index (χ1v) is 9.81. The molecule has 4 N–H and O–H groups in total. The second kappa shape index (κ2) is 11.9. The number of carbonyl (C=O) groups excluding carboxylic acids is 2. The Bertz CT molecular complexity index is 470. The molecular weight excluding hydrogens is 332 g/mol. The number of hydrogen-bond acceptors (Lipinski definition) is 5. The molecule has 0 aromatic rings. The van der Waals surface area contributed by atoms with Crippen LogP contribution in [0, 0.1) is 23.7 Å². The molecule has 0 heterocycles. The number of nitrogens with two attached hydrogens (primary N) is 1. The van der Waals surface area contributed by atoms with E-state index in [4.69, 9.17) is 10.6 Å². The molecule has 1 saturated carbocycles. The average molecular weight is 369 g/mol. The van der Waals surface area contributed by atoms with Gasteiger partial charge in [-0.2, -0.15) is 0 Å². The maximum Gasteiger partial charge on any atom is 0.309 e. The lowest BCUT2D eigenvalue weighted by Gasteiger charge is -2.25. The molecule has 7 heteroatoms. The van der Waals surface area contributed by atoms with Crippen molar-refractivity contribution in [1.29, 1.82) is 0 Å². The molecular formula is C19H36N4O3. The molecule has 3 unspecified atom stereocenters. The number of rotatable bonds is 11. The van der Waals surface area contributed by atoms with Crippen molar-refractivity contribution < 1.29 is 14.3 Å². The van der Waals surface area contributed by atoms with Crippen molar-refractivity contribution in [1.82, 2.24) is 10.7 Å². The molecule has 0 radical (unpaired) electrons. The maximum absolute atomic E-state index is 12.1. The van der Waals surface area contributed by atoms with Gasteiger partial charge in [-0.15, -0.1) is 0 Å². The summed E-state index contributed by atoms with van der Waals surface area (Å²) in [6.07, 6.45) is 6.22. The SMILES string of the molecule is CCOC(=O)C1CC(CC[C@@H](CC)C(C)CNC(C)=O)[C@H](N=CNN)C1. The Morgan fingerprint density at radius 2 is 2.08 bits per heavy atom. The lowest BCUT2D eigenvalue weighted by Crippen LogP contribution is -2.30. The minimum Gasteiger partial charge on any atom is -0.466 e. The highest BCUT2D eigenvalue weighted by Gasteiger charge is 2.38. The molecule has 0 saturated heterocycles. The number of esters is 1. The van der Waals surface area contributed by atoms with Crippen LogP contribution in [-0.2, 0) is 14.3 Å². The monoisotopic (exact) mass is 368 g/mol. The van der Waals surface area contributed by atoms with Crippen molar-refractivity contribution in [3.63, 3.8) is 0 Å². The van der Waals surface area contributed by atoms with Crippen LogP contribution in [0.5, 0.6) is 0 Å². The minimum absolute atomic E-state index is 0.0171. The summed E-state index contributed by atoms with van der Waals surface area (Å²) in [6.45, 7) is 8.89. The van der Waals surface area contributed by atoms with Crippen molar-refractivity contribution in [2.75, 3.05) is 13.2 Å². The van der Waals surface area contributed by atoms with Crippen LogP contribution in [-0.4, -0.2) is 37.4 Å². The number of nitrogens with zero attached hydrogens (tertiary/aromatic N) is 1. The van der Waals surface area contributed by atoms with Gasteiger partial charge < -0.3 is 15.5 Å². The van der Waals surface area contributed by atoms with Gasteiger partial charge in [0.05, 0.1) is 24.9 Å². The number of hydrazine groups is 1. The molecule has 0 spiro atoms. The zero-order valence-corrected chi connectivity index (χ0v) is 16.7. The third-order valence-electron chi connectivity index (χ3n) is 5.53. The highest BCUT2D eigenvalue weighted by atomic mass is 16.5. The zero-order valence-electron chi connectivity index (χ0n) is 16.7. The summed E-state index contributed by atoms with van der Waals surface area (Å²) in [5.41, 5.74) is 2.46. The van der Waals surface area contributed by atoms with Gasteiger partial charge in [0.15, 0.2) is 0 Å². The van der Waals surface area contributed by atoms with Crippen molar-refractivity contribution in [2.24, 2.45) is 34.5 Å². The summed E-state index contributed by atoms with van der Waals surface area (Å²) >= 11 is 0. The molecule has 0 aliphatic heterocycles. The highest BCUT2D eigenvalue weighted by Crippen LogP contribution is 2.38. The topological polar surface area (TPSA) is 106 Å². The van der Waals surface area contributed by atoms with E-state index in [1.54, 1.807) is 6.92 Å². The third-order valence-corrected chi connectivity index (χ3v) is 5.53. The van der Waals surface area contributed by atoms with Crippen molar-refractivity contribution >= 4 is 18.2 Å². The predicted molar refractivity (Wildman–Crippen MR) is 103 cm³/mol. The first-order chi connectivity index (χ1) is 12.4. The summed E-state index contributed by atoms with van der Waals surface area (Å²) in [7, 11) is 0. The predicted octanol–water partition coefficient (Wildman–Crippen LogP) is 2.01. The van der Waals surface area contributed by atoms with Crippen molar-refractivity contribution in [3.05, 3.63) is 0 Å². The summed E-state index contributed by atoms with van der Waals surface area (Å²) < 4.78 is 5.19. The fourth-order valence-corrected chi connectivity index (χ4v) is 3.98. The van der Waals surface area contributed by atoms with Crippen LogP contribution in [0.25, 0.3) is 0 Å². The molecule has 0 bridgehead atoms. The lowest BCUT2D eigenvalue weighted by molar-refractivity contribution is -0.147. The Morgan fingerprint density at radius 3 is 2.65 bits per heavy atom. The molecule has 26 heavy (non-hydrogen) atoms. The Hall–Kier alpha value is -1.63. The number of hydrogen-bond donors (Lipinski definition) is 3. The van der Waals surface area contributed by atoms with E-state index in [1.807, 2.05) is 6.92 Å². The van der Waals surface area contributed by atoms with E-state index in [0.29, 0.717) is 30.9 Å². The Kier molecular flexibility index (Phi) is 10.2. The highest BCUT2D eigenvalue weighted by molar-refractivity contribution is 5.73. The zero-order chi connectivity index (χ0) is 19.5. The van der Waals surface area contributed by atoms with Gasteiger partial charge in [0.1, 0.15) is 0 Å². The molecule has 7 nitrogen and oxygen atoms in total. The van der Waals surface area contributed by atoms with Gasteiger partial charge in [-0.25, -0.2) is 5.84 Å². The van der Waals surface area contributed by atoms with E-state index < -0.39 is 0 Å². The number of ether oxygens (including phenoxy) is 1. The van der Waals surface area contributed by atoms with Crippen LogP contribution in [0.15, 0.2) is 4.99 Å². The minimum atomic E-state index is -0.109. The second-order valence-corrected chi connectivity index (χ2v) is 7.35. The third kappa shape index (κ3) is 7.32. The summed E-state index contributed by atoms with van der Waals surface area (Å²) in [6, 6.07) is 0.101. The summed E-state index contributed by atoms with van der Waals surface area (Å²) in [4.78, 5) is 27.7. The summed E-state index contributed by atoms with van der Waals surface area (Å²) in [5, 5.41) is 2.91. The molecule has 0 aromatic heterocycles. The van der Waals surface area contributed by atoms with E-state index in [9.17, 15) is 9.59 Å². The maximum atomic E-state index is 12.1. The number of carbonyl (C=O) groups is 2. The quantitative estimate of drug-likeness (QED) is 0.170. The van der Waals surface area contributed by atoms with E-state index in [1.165, 1.54) is 6.34 Å². The fourth-order valence-electron chi connectivity index (χ4n) is 3.98. The van der Waals surface area contributed by atoms with Crippen LogP contribution in [0.3, 0.4) is 0 Å². The molecule has 1 fully saturated rings. The largest absolute Gasteiger partial charge is 0.466 e. The first-order valence-electron chi connectivity index (χ1n) is 9.81. The fraction of sp³-hybridized carbons (Fsp3) is 0.842. The van der Waals surface area contributed by atoms with Gasteiger partial charge in [-0.3, -0.25) is 14.6 Å². The standard InChI is InChI=1S/C19H36N4O3/c1-5-15(13(3)11-21-14(4)24)7-8-16-9-17(19(25)26-6-2)10-18(16)22-12-23-20/h12-13,15-18H,5-11,20H2,1-4H3,(H,21,24)(H,22,23)/t13?,15-,16?,17?,18-/m1/s1. The van der Waals surface area contributed by atoms with Gasteiger partial charge in [-0.1, -0.05) is 20.3 Å². The van der Waals surface area contributed by atoms with Crippen LogP contribution < -0.4 is 16.6 Å². The van der Waals surface area contributed by atoms with Gasteiger partial charge in [0.2, 0.25) is 5.91 Å². The molecule has 1 aliphatic carbocycles. The van der Waals surface area contributed by atoms with E-state index >= 15 is 0 Å². The number of aliphatic imine (C=N–C) groups is 1. The smallest absolute Gasteiger partial charge is 0.309 e. The molecule has 5 atom stereocenters. The molecule has 1 amide bonds.